The Bertz CT molecular complexity index is 771. The summed E-state index contributed by atoms with van der Waals surface area (Å²) in [5.41, 5.74) is 4.55. The quantitative estimate of drug-likeness (QED) is 0.840. The van der Waals surface area contributed by atoms with Crippen LogP contribution in [0.15, 0.2) is 35.5 Å². The number of benzene rings is 1. The van der Waals surface area contributed by atoms with E-state index >= 15 is 0 Å². The second kappa shape index (κ2) is 5.34. The van der Waals surface area contributed by atoms with Gasteiger partial charge in [0.05, 0.1) is 18.1 Å². The van der Waals surface area contributed by atoms with E-state index in [1.165, 1.54) is 37.7 Å². The van der Waals surface area contributed by atoms with Gasteiger partial charge in [-0.3, -0.25) is 4.90 Å². The number of rotatable bonds is 2. The summed E-state index contributed by atoms with van der Waals surface area (Å²) < 4.78 is 5.18. The van der Waals surface area contributed by atoms with E-state index in [0.717, 1.165) is 36.6 Å². The van der Waals surface area contributed by atoms with Gasteiger partial charge in [-0.2, -0.15) is 0 Å². The number of piperidine rings is 1. The van der Waals surface area contributed by atoms with E-state index < -0.39 is 0 Å². The Labute approximate surface area is 149 Å². The molecule has 0 unspecified atom stereocenters. The molecule has 0 amide bonds. The van der Waals surface area contributed by atoms with Crippen molar-refractivity contribution in [2.75, 3.05) is 25.5 Å². The van der Waals surface area contributed by atoms with Crippen LogP contribution in [-0.4, -0.2) is 37.1 Å². The van der Waals surface area contributed by atoms with E-state index in [0.29, 0.717) is 12.0 Å². The van der Waals surface area contributed by atoms with E-state index in [1.807, 2.05) is 0 Å². The molecular weight excluding hydrogens is 312 g/mol. The van der Waals surface area contributed by atoms with Gasteiger partial charge in [0, 0.05) is 24.0 Å². The molecule has 0 saturated carbocycles. The number of carbonyl (C=O) groups excluding carboxylic acids is 1. The molecule has 1 aliphatic carbocycles. The molecule has 3 heterocycles. The smallest absolute Gasteiger partial charge is 0.335 e. The number of nitrogens with zero attached hydrogens (tertiary/aromatic N) is 1. The number of nitrogens with one attached hydrogen (secondary N) is 1. The van der Waals surface area contributed by atoms with Gasteiger partial charge in [-0.05, 0) is 49.3 Å². The highest BCUT2D eigenvalue weighted by atomic mass is 16.5. The zero-order chi connectivity index (χ0) is 17.2. The third-order valence-electron chi connectivity index (χ3n) is 7.16. The first-order valence-electron chi connectivity index (χ1n) is 9.61. The first kappa shape index (κ1) is 15.4. The number of hydrogen-bond acceptors (Lipinski definition) is 4. The molecule has 0 bridgehead atoms. The zero-order valence-corrected chi connectivity index (χ0v) is 15.0. The lowest BCUT2D eigenvalue weighted by molar-refractivity contribution is -0.136. The van der Waals surface area contributed by atoms with Gasteiger partial charge in [0.2, 0.25) is 0 Å². The lowest BCUT2D eigenvalue weighted by atomic mass is 9.60. The summed E-state index contributed by atoms with van der Waals surface area (Å²) in [5.74, 6) is 1.15. The van der Waals surface area contributed by atoms with E-state index in [-0.39, 0.29) is 11.4 Å². The monoisotopic (exact) mass is 338 g/mol. The third-order valence-corrected chi connectivity index (χ3v) is 7.16. The van der Waals surface area contributed by atoms with Crippen LogP contribution in [0.1, 0.15) is 38.2 Å². The number of esters is 1. The highest BCUT2D eigenvalue weighted by molar-refractivity contribution is 5.93. The van der Waals surface area contributed by atoms with E-state index in [9.17, 15) is 4.79 Å². The van der Waals surface area contributed by atoms with Crippen molar-refractivity contribution in [1.29, 1.82) is 0 Å². The summed E-state index contributed by atoms with van der Waals surface area (Å²) >= 11 is 0. The Hall–Kier alpha value is -1.81. The molecule has 4 heteroatoms. The largest absolute Gasteiger partial charge is 0.466 e. The predicted octanol–water partition coefficient (Wildman–Crippen LogP) is 3.30. The molecule has 5 rings (SSSR count). The van der Waals surface area contributed by atoms with Crippen molar-refractivity contribution in [3.8, 4) is 0 Å². The Morgan fingerprint density at radius 1 is 1.40 bits per heavy atom. The number of anilines is 1. The van der Waals surface area contributed by atoms with Crippen LogP contribution >= 0.6 is 0 Å². The third kappa shape index (κ3) is 1.89. The standard InChI is InChI=1S/C21H26N2O2/c1-3-13-10-14-11-15(20(24)25-2)18-21(8-9-23(12-13)19(14)21)16-6-4-5-7-17(16)22-18/h4-7,13-14,19,22H,3,8-12H2,1-2H3/t13-,14-,19-,21-/m1/s1. The second-order valence-corrected chi connectivity index (χ2v) is 8.15. The average molecular weight is 338 g/mol. The Kier molecular flexibility index (Phi) is 3.30. The maximum atomic E-state index is 12.6. The van der Waals surface area contributed by atoms with Crippen LogP contribution in [0, 0.1) is 11.8 Å². The van der Waals surface area contributed by atoms with E-state index in [2.05, 4.69) is 41.4 Å². The molecule has 0 radical (unpaired) electrons. The van der Waals surface area contributed by atoms with Crippen molar-refractivity contribution >= 4 is 11.7 Å². The van der Waals surface area contributed by atoms with Gasteiger partial charge in [0.25, 0.3) is 0 Å². The van der Waals surface area contributed by atoms with Gasteiger partial charge < -0.3 is 10.1 Å². The van der Waals surface area contributed by atoms with Crippen LogP contribution in [0.2, 0.25) is 0 Å². The van der Waals surface area contributed by atoms with Crippen LogP contribution in [0.4, 0.5) is 5.69 Å². The van der Waals surface area contributed by atoms with Crippen LogP contribution in [0.25, 0.3) is 0 Å². The summed E-state index contributed by atoms with van der Waals surface area (Å²) in [6.07, 6.45) is 4.41. The summed E-state index contributed by atoms with van der Waals surface area (Å²) in [6.45, 7) is 4.64. The SMILES string of the molecule is CC[C@@H]1C[C@@H]2CC(C(=O)OC)=C3Nc4ccccc4[C@]34CCN(C1)[C@H]24. The topological polar surface area (TPSA) is 41.6 Å². The number of ether oxygens (including phenoxy) is 1. The Morgan fingerprint density at radius 3 is 3.04 bits per heavy atom. The molecule has 0 aromatic heterocycles. The van der Waals surface area contributed by atoms with Crippen LogP contribution < -0.4 is 5.32 Å². The maximum Gasteiger partial charge on any atom is 0.335 e. The van der Waals surface area contributed by atoms with Gasteiger partial charge in [0.15, 0.2) is 0 Å². The molecule has 2 fully saturated rings. The van der Waals surface area contributed by atoms with Crippen molar-refractivity contribution in [1.82, 2.24) is 4.90 Å². The lowest BCUT2D eigenvalue weighted by Crippen LogP contribution is -2.55. The first-order chi connectivity index (χ1) is 12.2. The van der Waals surface area contributed by atoms with Crippen molar-refractivity contribution < 1.29 is 9.53 Å². The minimum absolute atomic E-state index is 0.0399. The van der Waals surface area contributed by atoms with Crippen LogP contribution in [-0.2, 0) is 14.9 Å². The fourth-order valence-corrected chi connectivity index (χ4v) is 6.22. The number of para-hydroxylation sites is 1. The maximum absolute atomic E-state index is 12.6. The number of fused-ring (bicyclic) bond motifs is 1. The minimum atomic E-state index is -0.148. The minimum Gasteiger partial charge on any atom is -0.466 e. The number of methoxy groups -OCH3 is 1. The van der Waals surface area contributed by atoms with Gasteiger partial charge >= 0.3 is 5.97 Å². The molecule has 1 aromatic rings. The number of carbonyl (C=O) groups is 1. The molecular formula is C21H26N2O2. The normalized spacial score (nSPS) is 35.7. The average Bonchev–Trinajstić information content (AvgIpc) is 3.20. The molecule has 3 aliphatic heterocycles. The highest BCUT2D eigenvalue weighted by Crippen LogP contribution is 2.61. The van der Waals surface area contributed by atoms with Gasteiger partial charge in [0.1, 0.15) is 0 Å². The highest BCUT2D eigenvalue weighted by Gasteiger charge is 2.62. The molecule has 4 nitrogen and oxygen atoms in total. The zero-order valence-electron chi connectivity index (χ0n) is 15.0. The summed E-state index contributed by atoms with van der Waals surface area (Å²) in [6, 6.07) is 9.16. The van der Waals surface area contributed by atoms with Crippen molar-refractivity contribution in [2.45, 2.75) is 44.1 Å². The Morgan fingerprint density at radius 2 is 2.24 bits per heavy atom. The molecule has 4 atom stereocenters. The van der Waals surface area contributed by atoms with E-state index in [1.54, 1.807) is 0 Å². The van der Waals surface area contributed by atoms with Crippen LogP contribution in [0.3, 0.4) is 0 Å². The van der Waals surface area contributed by atoms with Gasteiger partial charge in [-0.15, -0.1) is 0 Å². The molecule has 1 aromatic carbocycles. The molecule has 1 N–H and O–H groups in total. The first-order valence-corrected chi connectivity index (χ1v) is 9.61. The molecule has 1 spiro atoms. The molecule has 25 heavy (non-hydrogen) atoms. The van der Waals surface area contributed by atoms with Gasteiger partial charge in [-0.1, -0.05) is 31.5 Å². The van der Waals surface area contributed by atoms with Crippen molar-refractivity contribution in [3.05, 3.63) is 41.1 Å². The molecule has 2 saturated heterocycles. The Balaban J connectivity index is 1.72. The number of hydrogen-bond donors (Lipinski definition) is 1. The van der Waals surface area contributed by atoms with E-state index in [4.69, 9.17) is 4.74 Å². The summed E-state index contributed by atoms with van der Waals surface area (Å²) in [7, 11) is 1.51. The fraction of sp³-hybridized carbons (Fsp3) is 0.571. The van der Waals surface area contributed by atoms with Crippen molar-refractivity contribution in [3.63, 3.8) is 0 Å². The lowest BCUT2D eigenvalue weighted by Gasteiger charge is -2.50. The fourth-order valence-electron chi connectivity index (χ4n) is 6.22. The predicted molar refractivity (Wildman–Crippen MR) is 97.3 cm³/mol. The van der Waals surface area contributed by atoms with Crippen molar-refractivity contribution in [2.24, 2.45) is 11.8 Å². The molecule has 4 aliphatic rings. The van der Waals surface area contributed by atoms with Crippen LogP contribution in [0.5, 0.6) is 0 Å². The van der Waals surface area contributed by atoms with Gasteiger partial charge in [-0.25, -0.2) is 4.79 Å². The second-order valence-electron chi connectivity index (χ2n) is 8.15. The molecule has 132 valence electrons. The summed E-state index contributed by atoms with van der Waals surface area (Å²) in [5, 5.41) is 3.63. The summed E-state index contributed by atoms with van der Waals surface area (Å²) in [4.78, 5) is 15.3.